The van der Waals surface area contributed by atoms with Crippen LogP contribution in [0.25, 0.3) is 21.0 Å². The molecule has 3 heterocycles. The molecule has 1 amide bonds. The first kappa shape index (κ1) is 18.4. The Bertz CT molecular complexity index is 1280. The third-order valence-corrected chi connectivity index (χ3v) is 6.53. The van der Waals surface area contributed by atoms with E-state index in [0.29, 0.717) is 27.4 Å². The van der Waals surface area contributed by atoms with E-state index in [2.05, 4.69) is 5.32 Å². The van der Waals surface area contributed by atoms with Gasteiger partial charge in [-0.15, -0.1) is 22.7 Å². The Kier molecular flexibility index (Phi) is 4.74. The zero-order valence-electron chi connectivity index (χ0n) is 15.1. The van der Waals surface area contributed by atoms with Crippen molar-refractivity contribution >= 4 is 61.2 Å². The highest BCUT2D eigenvalue weighted by Crippen LogP contribution is 2.31. The molecule has 4 aromatic rings. The molecule has 1 N–H and O–H groups in total. The monoisotopic (exact) mass is 412 g/mol. The number of anilines is 1. The summed E-state index contributed by atoms with van der Waals surface area (Å²) < 4.78 is 7.23. The number of hydrogen-bond donors (Lipinski definition) is 1. The van der Waals surface area contributed by atoms with Crippen LogP contribution in [0.15, 0.2) is 46.6 Å². The second kappa shape index (κ2) is 7.21. The molecule has 0 bridgehead atoms. The lowest BCUT2D eigenvalue weighted by Gasteiger charge is -2.08. The molecule has 0 saturated carbocycles. The highest BCUT2D eigenvalue weighted by Gasteiger charge is 2.20. The number of benzene rings is 1. The number of amides is 1. The predicted molar refractivity (Wildman–Crippen MR) is 113 cm³/mol. The molecular formula is C20H16N2O4S2. The fourth-order valence-electron chi connectivity index (χ4n) is 3.17. The molecular weight excluding hydrogens is 396 g/mol. The number of ether oxygens (including phenoxy) is 1. The van der Waals surface area contributed by atoms with Crippen molar-refractivity contribution < 1.29 is 14.3 Å². The summed E-state index contributed by atoms with van der Waals surface area (Å²) in [7, 11) is 1.30. The topological polar surface area (TPSA) is 77.4 Å². The Morgan fingerprint density at radius 2 is 1.96 bits per heavy atom. The molecule has 0 aliphatic rings. The third-order valence-electron chi connectivity index (χ3n) is 4.47. The van der Waals surface area contributed by atoms with Gasteiger partial charge in [-0.05, 0) is 30.5 Å². The number of aryl methyl sites for hydroxylation is 1. The van der Waals surface area contributed by atoms with Gasteiger partial charge in [0.05, 0.1) is 28.6 Å². The Hall–Kier alpha value is -2.97. The molecule has 0 atom stereocenters. The lowest BCUT2D eigenvalue weighted by molar-refractivity contribution is 0.0607. The van der Waals surface area contributed by atoms with E-state index in [4.69, 9.17) is 4.74 Å². The zero-order chi connectivity index (χ0) is 19.8. The van der Waals surface area contributed by atoms with Crippen molar-refractivity contribution in [1.82, 2.24) is 4.57 Å². The van der Waals surface area contributed by atoms with Gasteiger partial charge in [-0.2, -0.15) is 0 Å². The van der Waals surface area contributed by atoms with Crippen LogP contribution in [-0.4, -0.2) is 23.6 Å². The molecule has 28 heavy (non-hydrogen) atoms. The van der Waals surface area contributed by atoms with Gasteiger partial charge in [0.25, 0.3) is 11.5 Å². The van der Waals surface area contributed by atoms with Gasteiger partial charge < -0.3 is 14.6 Å². The Morgan fingerprint density at radius 3 is 2.71 bits per heavy atom. The van der Waals surface area contributed by atoms with Gasteiger partial charge in [-0.25, -0.2) is 4.79 Å². The van der Waals surface area contributed by atoms with Crippen LogP contribution in [0.1, 0.15) is 26.3 Å². The quantitative estimate of drug-likeness (QED) is 0.506. The number of rotatable bonds is 4. The standard InChI is InChI=1S/C20H16N2O4S2/c1-3-22-14-7-5-4-6-11(14)16-12(19(22)24)10-15(28-16)18(23)21-13-8-9-27-17(13)20(25)26-2/h4-10H,3H2,1-2H3,(H,21,23). The number of carbonyl (C=O) groups is 2. The molecule has 0 fully saturated rings. The van der Waals surface area contributed by atoms with E-state index >= 15 is 0 Å². The smallest absolute Gasteiger partial charge is 0.350 e. The van der Waals surface area contributed by atoms with E-state index in [-0.39, 0.29) is 11.5 Å². The van der Waals surface area contributed by atoms with Crippen molar-refractivity contribution in [3.05, 3.63) is 61.9 Å². The summed E-state index contributed by atoms with van der Waals surface area (Å²) in [4.78, 5) is 38.2. The summed E-state index contributed by atoms with van der Waals surface area (Å²) in [5, 5.41) is 5.92. The van der Waals surface area contributed by atoms with Gasteiger partial charge >= 0.3 is 5.97 Å². The number of hydrogen-bond acceptors (Lipinski definition) is 6. The van der Waals surface area contributed by atoms with Crippen LogP contribution in [0.3, 0.4) is 0 Å². The summed E-state index contributed by atoms with van der Waals surface area (Å²) in [6, 6.07) is 11.0. The van der Waals surface area contributed by atoms with Crippen LogP contribution >= 0.6 is 22.7 Å². The molecule has 0 aliphatic heterocycles. The van der Waals surface area contributed by atoms with Gasteiger partial charge in [-0.3, -0.25) is 9.59 Å². The van der Waals surface area contributed by atoms with E-state index in [1.807, 2.05) is 31.2 Å². The van der Waals surface area contributed by atoms with Gasteiger partial charge in [-0.1, -0.05) is 18.2 Å². The number of thiophene rings is 2. The van der Waals surface area contributed by atoms with Crippen LogP contribution < -0.4 is 10.9 Å². The van der Waals surface area contributed by atoms with Crippen molar-refractivity contribution in [2.45, 2.75) is 13.5 Å². The fourth-order valence-corrected chi connectivity index (χ4v) is 5.02. The van der Waals surface area contributed by atoms with Crippen LogP contribution in [0.2, 0.25) is 0 Å². The molecule has 0 unspecified atom stereocenters. The third kappa shape index (κ3) is 2.90. The van der Waals surface area contributed by atoms with E-state index < -0.39 is 5.97 Å². The molecule has 142 valence electrons. The minimum absolute atomic E-state index is 0.114. The van der Waals surface area contributed by atoms with Crippen LogP contribution in [0.5, 0.6) is 0 Å². The lowest BCUT2D eigenvalue weighted by Crippen LogP contribution is -2.19. The number of nitrogens with one attached hydrogen (secondary N) is 1. The number of para-hydroxylation sites is 1. The second-order valence-electron chi connectivity index (χ2n) is 6.03. The van der Waals surface area contributed by atoms with Crippen molar-refractivity contribution in [3.8, 4) is 0 Å². The average molecular weight is 412 g/mol. The zero-order valence-corrected chi connectivity index (χ0v) is 16.8. The number of esters is 1. The minimum Gasteiger partial charge on any atom is -0.465 e. The van der Waals surface area contributed by atoms with Crippen LogP contribution in [0, 0.1) is 0 Å². The summed E-state index contributed by atoms with van der Waals surface area (Å²) in [6.07, 6.45) is 0. The largest absolute Gasteiger partial charge is 0.465 e. The van der Waals surface area contributed by atoms with Gasteiger partial charge in [0, 0.05) is 16.6 Å². The number of aromatic nitrogens is 1. The summed E-state index contributed by atoms with van der Waals surface area (Å²) in [5.74, 6) is -0.866. The molecule has 0 aliphatic carbocycles. The maximum atomic E-state index is 12.9. The lowest BCUT2D eigenvalue weighted by atomic mass is 10.1. The van der Waals surface area contributed by atoms with E-state index in [1.165, 1.54) is 29.8 Å². The highest BCUT2D eigenvalue weighted by atomic mass is 32.1. The van der Waals surface area contributed by atoms with Crippen molar-refractivity contribution in [3.63, 3.8) is 0 Å². The summed E-state index contributed by atoms with van der Waals surface area (Å²) in [5.41, 5.74) is 1.13. The van der Waals surface area contributed by atoms with Gasteiger partial charge in [0.1, 0.15) is 4.88 Å². The molecule has 3 aromatic heterocycles. The summed E-state index contributed by atoms with van der Waals surface area (Å²) >= 11 is 2.47. The van der Waals surface area contributed by atoms with Crippen LogP contribution in [-0.2, 0) is 11.3 Å². The number of nitrogens with zero attached hydrogens (tertiary/aromatic N) is 1. The molecule has 0 radical (unpaired) electrons. The van der Waals surface area contributed by atoms with Crippen molar-refractivity contribution in [2.75, 3.05) is 12.4 Å². The number of methoxy groups -OCH3 is 1. The van der Waals surface area contributed by atoms with E-state index in [0.717, 1.165) is 15.6 Å². The highest BCUT2D eigenvalue weighted by molar-refractivity contribution is 7.21. The van der Waals surface area contributed by atoms with E-state index in [9.17, 15) is 14.4 Å². The minimum atomic E-state index is -0.501. The number of fused-ring (bicyclic) bond motifs is 3. The normalized spacial score (nSPS) is 11.1. The maximum absolute atomic E-state index is 12.9. The Balaban J connectivity index is 1.80. The van der Waals surface area contributed by atoms with Crippen molar-refractivity contribution in [1.29, 1.82) is 0 Å². The SMILES string of the molecule is CCn1c(=O)c2cc(C(=O)Nc3ccsc3C(=O)OC)sc2c2ccccc21. The molecule has 0 saturated heterocycles. The molecule has 4 rings (SSSR count). The molecule has 1 aromatic carbocycles. The van der Waals surface area contributed by atoms with Gasteiger partial charge in [0.2, 0.25) is 0 Å². The predicted octanol–water partition coefficient (Wildman–Crippen LogP) is 4.34. The molecule has 8 heteroatoms. The first-order valence-corrected chi connectivity index (χ1v) is 10.3. The average Bonchev–Trinajstić information content (AvgIpc) is 3.35. The first-order chi connectivity index (χ1) is 13.5. The summed E-state index contributed by atoms with van der Waals surface area (Å²) in [6.45, 7) is 2.47. The van der Waals surface area contributed by atoms with Gasteiger partial charge in [0.15, 0.2) is 0 Å². The Morgan fingerprint density at radius 1 is 1.18 bits per heavy atom. The van der Waals surface area contributed by atoms with Crippen molar-refractivity contribution in [2.24, 2.45) is 0 Å². The second-order valence-corrected chi connectivity index (χ2v) is 8.00. The van der Waals surface area contributed by atoms with Crippen LogP contribution in [0.4, 0.5) is 5.69 Å². The van der Waals surface area contributed by atoms with E-state index in [1.54, 1.807) is 22.1 Å². The number of carbonyl (C=O) groups excluding carboxylic acids is 2. The maximum Gasteiger partial charge on any atom is 0.350 e. The molecule has 0 spiro atoms. The Labute approximate surface area is 168 Å². The number of pyridine rings is 1. The first-order valence-electron chi connectivity index (χ1n) is 8.57. The molecule has 6 nitrogen and oxygen atoms in total. The fraction of sp³-hybridized carbons (Fsp3) is 0.150.